The lowest BCUT2D eigenvalue weighted by Gasteiger charge is -2.23. The van der Waals surface area contributed by atoms with Crippen LogP contribution in [0.2, 0.25) is 0 Å². The third kappa shape index (κ3) is 9.33. The molecule has 0 aromatic heterocycles. The van der Waals surface area contributed by atoms with Crippen molar-refractivity contribution in [3.8, 4) is 0 Å². The number of alkyl carbamates (subject to hydrolysis) is 1. The van der Waals surface area contributed by atoms with E-state index in [2.05, 4.69) is 19.2 Å². The third-order valence-electron chi connectivity index (χ3n) is 2.29. The number of hydrogen-bond acceptors (Lipinski definition) is 4. The van der Waals surface area contributed by atoms with Crippen molar-refractivity contribution in [1.82, 2.24) is 5.32 Å². The highest BCUT2D eigenvalue weighted by molar-refractivity contribution is 5.81. The smallest absolute Gasteiger partial charge is 0.408 e. The summed E-state index contributed by atoms with van der Waals surface area (Å²) in [6.07, 6.45) is 0.795. The first-order valence-electron chi connectivity index (χ1n) is 6.81. The third-order valence-corrected chi connectivity index (χ3v) is 2.29. The van der Waals surface area contributed by atoms with E-state index in [-0.39, 0.29) is 0 Å². The number of esters is 1. The van der Waals surface area contributed by atoms with Crippen molar-refractivity contribution >= 4 is 12.1 Å². The van der Waals surface area contributed by atoms with Gasteiger partial charge in [-0.3, -0.25) is 0 Å². The first kappa shape index (κ1) is 17.7. The van der Waals surface area contributed by atoms with E-state index in [4.69, 9.17) is 9.47 Å². The highest BCUT2D eigenvalue weighted by Crippen LogP contribution is 2.11. The highest BCUT2D eigenvalue weighted by Gasteiger charge is 2.25. The molecule has 19 heavy (non-hydrogen) atoms. The second kappa shape index (κ2) is 8.02. The summed E-state index contributed by atoms with van der Waals surface area (Å²) in [7, 11) is 0. The van der Waals surface area contributed by atoms with Crippen molar-refractivity contribution in [3.63, 3.8) is 0 Å². The van der Waals surface area contributed by atoms with E-state index in [1.807, 2.05) is 0 Å². The van der Waals surface area contributed by atoms with Crippen molar-refractivity contribution in [3.05, 3.63) is 0 Å². The quantitative estimate of drug-likeness (QED) is 0.756. The van der Waals surface area contributed by atoms with Gasteiger partial charge in [-0.25, -0.2) is 9.59 Å². The van der Waals surface area contributed by atoms with E-state index in [1.54, 1.807) is 27.7 Å². The average molecular weight is 273 g/mol. The number of carbonyl (C=O) groups excluding carboxylic acids is 2. The van der Waals surface area contributed by atoms with Crippen LogP contribution < -0.4 is 5.32 Å². The number of amides is 1. The largest absolute Gasteiger partial charge is 0.464 e. The molecule has 5 heteroatoms. The summed E-state index contributed by atoms with van der Waals surface area (Å²) in [6, 6.07) is -0.641. The first-order chi connectivity index (χ1) is 8.65. The normalized spacial score (nSPS) is 13.0. The van der Waals surface area contributed by atoms with Crippen LogP contribution in [0.1, 0.15) is 54.4 Å². The fourth-order valence-electron chi connectivity index (χ4n) is 1.44. The molecule has 1 atom stereocenters. The van der Waals surface area contributed by atoms with Crippen molar-refractivity contribution in [1.29, 1.82) is 0 Å². The molecule has 0 rings (SSSR count). The van der Waals surface area contributed by atoms with Gasteiger partial charge in [-0.1, -0.05) is 13.8 Å². The Morgan fingerprint density at radius 2 is 1.74 bits per heavy atom. The lowest BCUT2D eigenvalue weighted by molar-refractivity contribution is -0.145. The zero-order valence-electron chi connectivity index (χ0n) is 12.9. The van der Waals surface area contributed by atoms with Gasteiger partial charge >= 0.3 is 12.1 Å². The van der Waals surface area contributed by atoms with Crippen LogP contribution in [0.3, 0.4) is 0 Å². The van der Waals surface area contributed by atoms with Crippen LogP contribution in [0, 0.1) is 5.92 Å². The van der Waals surface area contributed by atoms with Crippen molar-refractivity contribution in [2.24, 2.45) is 5.92 Å². The van der Waals surface area contributed by atoms with Crippen LogP contribution in [-0.2, 0) is 14.3 Å². The SMILES string of the molecule is CCOC(=O)C(CCC(C)C)NC(=O)OC(C)(C)C. The minimum Gasteiger partial charge on any atom is -0.464 e. The standard InChI is InChI=1S/C14H27NO4/c1-7-18-12(16)11(9-8-10(2)3)15-13(17)19-14(4,5)6/h10-11H,7-9H2,1-6H3,(H,15,17). The van der Waals surface area contributed by atoms with Crippen LogP contribution in [0.15, 0.2) is 0 Å². The second-order valence-electron chi connectivity index (χ2n) is 5.92. The molecule has 0 bridgehead atoms. The summed E-state index contributed by atoms with van der Waals surface area (Å²) in [6.45, 7) is 11.5. The Kier molecular flexibility index (Phi) is 7.49. The van der Waals surface area contributed by atoms with E-state index in [1.165, 1.54) is 0 Å². The molecule has 0 aliphatic heterocycles. The molecule has 0 aromatic rings. The summed E-state index contributed by atoms with van der Waals surface area (Å²) in [5, 5.41) is 2.58. The Balaban J connectivity index is 4.48. The number of hydrogen-bond donors (Lipinski definition) is 1. The molecule has 0 heterocycles. The summed E-state index contributed by atoms with van der Waals surface area (Å²) < 4.78 is 10.1. The predicted octanol–water partition coefficient (Wildman–Crippen LogP) is 2.88. The van der Waals surface area contributed by atoms with Gasteiger partial charge in [0.05, 0.1) is 6.61 Å². The molecular formula is C14H27NO4. The number of ether oxygens (including phenoxy) is 2. The molecule has 5 nitrogen and oxygen atoms in total. The maximum absolute atomic E-state index is 11.8. The Morgan fingerprint density at radius 1 is 1.16 bits per heavy atom. The lowest BCUT2D eigenvalue weighted by Crippen LogP contribution is -2.44. The Labute approximate surface area is 116 Å². The Bertz CT molecular complexity index is 294. The van der Waals surface area contributed by atoms with Crippen LogP contribution in [0.25, 0.3) is 0 Å². The molecule has 0 fully saturated rings. The molecule has 112 valence electrons. The monoisotopic (exact) mass is 273 g/mol. The molecule has 0 aliphatic rings. The Hall–Kier alpha value is -1.26. The van der Waals surface area contributed by atoms with E-state index >= 15 is 0 Å². The second-order valence-corrected chi connectivity index (χ2v) is 5.92. The summed E-state index contributed by atoms with van der Waals surface area (Å²) in [5.74, 6) is 0.0476. The van der Waals surface area contributed by atoms with E-state index in [0.717, 1.165) is 6.42 Å². The molecule has 0 radical (unpaired) electrons. The zero-order valence-corrected chi connectivity index (χ0v) is 12.9. The van der Waals surface area contributed by atoms with Crippen molar-refractivity contribution in [2.75, 3.05) is 6.61 Å². The summed E-state index contributed by atoms with van der Waals surface area (Å²) >= 11 is 0. The van der Waals surface area contributed by atoms with Gasteiger partial charge in [0.15, 0.2) is 0 Å². The maximum Gasteiger partial charge on any atom is 0.408 e. The topological polar surface area (TPSA) is 64.6 Å². The average Bonchev–Trinajstić information content (AvgIpc) is 2.21. The van der Waals surface area contributed by atoms with Crippen LogP contribution in [-0.4, -0.2) is 30.3 Å². The van der Waals surface area contributed by atoms with Gasteiger partial charge in [0.2, 0.25) is 0 Å². The van der Waals surface area contributed by atoms with E-state index < -0.39 is 23.7 Å². The van der Waals surface area contributed by atoms with Gasteiger partial charge in [-0.2, -0.15) is 0 Å². The van der Waals surface area contributed by atoms with Crippen LogP contribution in [0.4, 0.5) is 4.79 Å². The fraction of sp³-hybridized carbons (Fsp3) is 0.857. The first-order valence-corrected chi connectivity index (χ1v) is 6.81. The van der Waals surface area contributed by atoms with Gasteiger partial charge in [-0.05, 0) is 46.5 Å². The molecule has 0 saturated carbocycles. The fourth-order valence-corrected chi connectivity index (χ4v) is 1.44. The number of rotatable bonds is 6. The van der Waals surface area contributed by atoms with Crippen LogP contribution in [0.5, 0.6) is 0 Å². The van der Waals surface area contributed by atoms with Gasteiger partial charge in [0, 0.05) is 0 Å². The molecule has 0 aromatic carbocycles. The van der Waals surface area contributed by atoms with E-state index in [0.29, 0.717) is 18.9 Å². The van der Waals surface area contributed by atoms with Crippen LogP contribution >= 0.6 is 0 Å². The van der Waals surface area contributed by atoms with Gasteiger partial charge < -0.3 is 14.8 Å². The van der Waals surface area contributed by atoms with Crippen molar-refractivity contribution in [2.45, 2.75) is 66.0 Å². The maximum atomic E-state index is 11.8. The van der Waals surface area contributed by atoms with Gasteiger partial charge in [0.1, 0.15) is 11.6 Å². The minimum atomic E-state index is -0.641. The summed E-state index contributed by atoms with van der Waals surface area (Å²) in [5.41, 5.74) is -0.582. The van der Waals surface area contributed by atoms with E-state index in [9.17, 15) is 9.59 Å². The molecule has 0 aliphatic carbocycles. The van der Waals surface area contributed by atoms with Crippen molar-refractivity contribution < 1.29 is 19.1 Å². The zero-order chi connectivity index (χ0) is 15.1. The molecule has 0 spiro atoms. The Morgan fingerprint density at radius 3 is 2.16 bits per heavy atom. The number of nitrogens with one attached hydrogen (secondary N) is 1. The lowest BCUT2D eigenvalue weighted by atomic mass is 10.0. The number of carbonyl (C=O) groups is 2. The highest BCUT2D eigenvalue weighted by atomic mass is 16.6. The minimum absolute atomic E-state index is 0.299. The molecule has 0 saturated heterocycles. The predicted molar refractivity (Wildman–Crippen MR) is 73.9 cm³/mol. The molecule has 1 unspecified atom stereocenters. The molecule has 1 amide bonds. The summed E-state index contributed by atoms with van der Waals surface area (Å²) in [4.78, 5) is 23.4. The molecular weight excluding hydrogens is 246 g/mol. The molecule has 1 N–H and O–H groups in total. The van der Waals surface area contributed by atoms with Gasteiger partial charge in [-0.15, -0.1) is 0 Å². The van der Waals surface area contributed by atoms with Gasteiger partial charge in [0.25, 0.3) is 0 Å².